The van der Waals surface area contributed by atoms with Crippen molar-refractivity contribution in [3.8, 4) is 0 Å². The van der Waals surface area contributed by atoms with Gasteiger partial charge >= 0.3 is 0 Å². The number of H-pyrrole nitrogens is 1. The highest BCUT2D eigenvalue weighted by Crippen LogP contribution is 2.06. The SMILES string of the molecule is CCC(C)(O)CNC(=O)c1cn[nH]c1. The summed E-state index contributed by atoms with van der Waals surface area (Å²) in [5.74, 6) is -0.229. The van der Waals surface area contributed by atoms with E-state index in [0.29, 0.717) is 12.0 Å². The number of hydrogen-bond donors (Lipinski definition) is 3. The molecule has 0 bridgehead atoms. The van der Waals surface area contributed by atoms with Crippen LogP contribution >= 0.6 is 0 Å². The maximum Gasteiger partial charge on any atom is 0.254 e. The van der Waals surface area contributed by atoms with Gasteiger partial charge in [0.2, 0.25) is 0 Å². The second kappa shape index (κ2) is 4.23. The van der Waals surface area contributed by atoms with E-state index < -0.39 is 5.60 Å². The molecule has 5 nitrogen and oxygen atoms in total. The Labute approximate surface area is 82.5 Å². The quantitative estimate of drug-likeness (QED) is 0.649. The Bertz CT molecular complexity index is 293. The molecule has 1 aromatic heterocycles. The summed E-state index contributed by atoms with van der Waals surface area (Å²) in [6, 6.07) is 0. The molecule has 1 unspecified atom stereocenters. The molecule has 3 N–H and O–H groups in total. The van der Waals surface area contributed by atoms with Crippen LogP contribution < -0.4 is 5.32 Å². The van der Waals surface area contributed by atoms with E-state index in [1.807, 2.05) is 6.92 Å². The van der Waals surface area contributed by atoms with Gasteiger partial charge in [-0.2, -0.15) is 5.10 Å². The Morgan fingerprint density at radius 1 is 1.79 bits per heavy atom. The van der Waals surface area contributed by atoms with Gasteiger partial charge in [0.15, 0.2) is 0 Å². The fourth-order valence-electron chi connectivity index (χ4n) is 0.873. The van der Waals surface area contributed by atoms with Crippen molar-refractivity contribution in [2.24, 2.45) is 0 Å². The Kier molecular flexibility index (Phi) is 3.24. The highest BCUT2D eigenvalue weighted by molar-refractivity contribution is 5.93. The van der Waals surface area contributed by atoms with E-state index in [1.54, 1.807) is 6.92 Å². The average molecular weight is 197 g/mol. The van der Waals surface area contributed by atoms with E-state index >= 15 is 0 Å². The molecule has 0 saturated heterocycles. The van der Waals surface area contributed by atoms with E-state index in [9.17, 15) is 9.90 Å². The molecule has 0 radical (unpaired) electrons. The summed E-state index contributed by atoms with van der Waals surface area (Å²) in [7, 11) is 0. The van der Waals surface area contributed by atoms with Crippen LogP contribution in [0, 0.1) is 0 Å². The van der Waals surface area contributed by atoms with Gasteiger partial charge in [-0.3, -0.25) is 9.89 Å². The zero-order valence-electron chi connectivity index (χ0n) is 8.37. The van der Waals surface area contributed by atoms with Crippen molar-refractivity contribution in [2.45, 2.75) is 25.9 Å². The van der Waals surface area contributed by atoms with Crippen molar-refractivity contribution in [1.29, 1.82) is 0 Å². The van der Waals surface area contributed by atoms with Gasteiger partial charge in [-0.05, 0) is 13.3 Å². The molecule has 14 heavy (non-hydrogen) atoms. The lowest BCUT2D eigenvalue weighted by atomic mass is 10.0. The third-order valence-corrected chi connectivity index (χ3v) is 2.15. The molecule has 0 aliphatic carbocycles. The normalized spacial score (nSPS) is 14.8. The number of aromatic amines is 1. The summed E-state index contributed by atoms with van der Waals surface area (Å²) in [6.45, 7) is 3.79. The Balaban J connectivity index is 2.43. The number of nitrogens with zero attached hydrogens (tertiary/aromatic N) is 1. The van der Waals surface area contributed by atoms with E-state index in [4.69, 9.17) is 0 Å². The van der Waals surface area contributed by atoms with Crippen molar-refractivity contribution in [3.63, 3.8) is 0 Å². The van der Waals surface area contributed by atoms with Crippen LogP contribution in [-0.4, -0.2) is 33.4 Å². The zero-order chi connectivity index (χ0) is 10.6. The largest absolute Gasteiger partial charge is 0.388 e. The minimum Gasteiger partial charge on any atom is -0.388 e. The highest BCUT2D eigenvalue weighted by Gasteiger charge is 2.18. The van der Waals surface area contributed by atoms with Crippen LogP contribution in [0.4, 0.5) is 0 Å². The molecule has 0 spiro atoms. The van der Waals surface area contributed by atoms with Crippen LogP contribution in [0.5, 0.6) is 0 Å². The summed E-state index contributed by atoms with van der Waals surface area (Å²) < 4.78 is 0. The van der Waals surface area contributed by atoms with Gasteiger partial charge in [0.25, 0.3) is 5.91 Å². The Morgan fingerprint density at radius 3 is 3.00 bits per heavy atom. The van der Waals surface area contributed by atoms with Gasteiger partial charge in [0, 0.05) is 12.7 Å². The van der Waals surface area contributed by atoms with Crippen molar-refractivity contribution in [1.82, 2.24) is 15.5 Å². The fourth-order valence-corrected chi connectivity index (χ4v) is 0.873. The minimum absolute atomic E-state index is 0.229. The molecule has 1 aromatic rings. The monoisotopic (exact) mass is 197 g/mol. The maximum absolute atomic E-state index is 11.4. The van der Waals surface area contributed by atoms with Crippen LogP contribution in [-0.2, 0) is 0 Å². The van der Waals surface area contributed by atoms with Crippen LogP contribution in [0.15, 0.2) is 12.4 Å². The van der Waals surface area contributed by atoms with Crippen LogP contribution in [0.1, 0.15) is 30.6 Å². The van der Waals surface area contributed by atoms with Gasteiger partial charge in [-0.25, -0.2) is 0 Å². The molecule has 1 atom stereocenters. The van der Waals surface area contributed by atoms with Gasteiger partial charge < -0.3 is 10.4 Å². The summed E-state index contributed by atoms with van der Waals surface area (Å²) in [5.41, 5.74) is -0.378. The summed E-state index contributed by atoms with van der Waals surface area (Å²) in [4.78, 5) is 11.4. The lowest BCUT2D eigenvalue weighted by molar-refractivity contribution is 0.0518. The standard InChI is InChI=1S/C9H15N3O2/c1-3-9(2,14)6-10-8(13)7-4-11-12-5-7/h4-5,14H,3,6H2,1-2H3,(H,10,13)(H,11,12). The predicted molar refractivity (Wildman–Crippen MR) is 51.8 cm³/mol. The van der Waals surface area contributed by atoms with Crippen LogP contribution in [0.3, 0.4) is 0 Å². The number of aromatic nitrogens is 2. The number of rotatable bonds is 4. The first kappa shape index (κ1) is 10.7. The van der Waals surface area contributed by atoms with E-state index in [2.05, 4.69) is 15.5 Å². The number of carbonyl (C=O) groups is 1. The molecule has 1 heterocycles. The molecule has 0 aromatic carbocycles. The van der Waals surface area contributed by atoms with Gasteiger partial charge in [0.05, 0.1) is 17.4 Å². The summed E-state index contributed by atoms with van der Waals surface area (Å²) >= 11 is 0. The van der Waals surface area contributed by atoms with Gasteiger partial charge in [-0.1, -0.05) is 6.92 Å². The van der Waals surface area contributed by atoms with Crippen molar-refractivity contribution >= 4 is 5.91 Å². The molecule has 0 fully saturated rings. The van der Waals surface area contributed by atoms with Crippen molar-refractivity contribution < 1.29 is 9.90 Å². The Hall–Kier alpha value is -1.36. The number of carbonyl (C=O) groups excluding carboxylic acids is 1. The van der Waals surface area contributed by atoms with Crippen LogP contribution in [0.2, 0.25) is 0 Å². The molecule has 78 valence electrons. The average Bonchev–Trinajstić information content (AvgIpc) is 2.67. The second-order valence-corrected chi connectivity index (χ2v) is 3.52. The van der Waals surface area contributed by atoms with Crippen LogP contribution in [0.25, 0.3) is 0 Å². The molecule has 5 heteroatoms. The third kappa shape index (κ3) is 2.85. The van der Waals surface area contributed by atoms with Gasteiger partial charge in [0.1, 0.15) is 0 Å². The first-order valence-electron chi connectivity index (χ1n) is 4.54. The maximum atomic E-state index is 11.4. The summed E-state index contributed by atoms with van der Waals surface area (Å²) in [5, 5.41) is 18.5. The molecular weight excluding hydrogens is 182 g/mol. The number of hydrogen-bond acceptors (Lipinski definition) is 3. The fraction of sp³-hybridized carbons (Fsp3) is 0.556. The molecule has 0 aliphatic rings. The van der Waals surface area contributed by atoms with E-state index in [1.165, 1.54) is 12.4 Å². The topological polar surface area (TPSA) is 78.0 Å². The number of aliphatic hydroxyl groups is 1. The number of nitrogens with one attached hydrogen (secondary N) is 2. The second-order valence-electron chi connectivity index (χ2n) is 3.52. The highest BCUT2D eigenvalue weighted by atomic mass is 16.3. The smallest absolute Gasteiger partial charge is 0.254 e. The lowest BCUT2D eigenvalue weighted by Gasteiger charge is -2.21. The Morgan fingerprint density at radius 2 is 2.50 bits per heavy atom. The van der Waals surface area contributed by atoms with Crippen molar-refractivity contribution in [3.05, 3.63) is 18.0 Å². The van der Waals surface area contributed by atoms with Crippen molar-refractivity contribution in [2.75, 3.05) is 6.54 Å². The molecule has 1 rings (SSSR count). The predicted octanol–water partition coefficient (Wildman–Crippen LogP) is 0.300. The molecule has 0 saturated carbocycles. The van der Waals surface area contributed by atoms with E-state index in [0.717, 1.165) is 0 Å². The minimum atomic E-state index is -0.848. The molecule has 1 amide bonds. The molecular formula is C9H15N3O2. The van der Waals surface area contributed by atoms with Gasteiger partial charge in [-0.15, -0.1) is 0 Å². The zero-order valence-corrected chi connectivity index (χ0v) is 8.37. The third-order valence-electron chi connectivity index (χ3n) is 2.15. The summed E-state index contributed by atoms with van der Waals surface area (Å²) in [6.07, 6.45) is 3.55. The van der Waals surface area contributed by atoms with E-state index in [-0.39, 0.29) is 12.5 Å². The number of amides is 1. The lowest BCUT2D eigenvalue weighted by Crippen LogP contribution is -2.39. The first-order chi connectivity index (χ1) is 6.55. The first-order valence-corrected chi connectivity index (χ1v) is 4.54. The molecule has 0 aliphatic heterocycles.